The topological polar surface area (TPSA) is 96.2 Å². The molecule has 6 nitrogen and oxygen atoms in total. The van der Waals surface area contributed by atoms with Crippen molar-refractivity contribution in [3.05, 3.63) is 58.7 Å². The van der Waals surface area contributed by atoms with Crippen LogP contribution < -0.4 is 0 Å². The van der Waals surface area contributed by atoms with Crippen molar-refractivity contribution in [2.24, 2.45) is 0 Å². The number of ether oxygens (including phenoxy) is 2. The molecular formula is C16H16O6. The molecule has 1 unspecified atom stereocenters. The number of hydrogen-bond donors (Lipinski definition) is 3. The predicted molar refractivity (Wildman–Crippen MR) is 76.0 cm³/mol. The smallest absolute Gasteiger partial charge is 0.199 e. The number of benzene rings is 1. The van der Waals surface area contributed by atoms with E-state index in [1.807, 2.05) is 6.07 Å². The summed E-state index contributed by atoms with van der Waals surface area (Å²) in [6.45, 7) is 0. The van der Waals surface area contributed by atoms with E-state index in [4.69, 9.17) is 9.47 Å². The van der Waals surface area contributed by atoms with E-state index >= 15 is 0 Å². The van der Waals surface area contributed by atoms with Crippen LogP contribution in [0.1, 0.15) is 18.1 Å². The summed E-state index contributed by atoms with van der Waals surface area (Å²) in [6, 6.07) is 8.86. The zero-order valence-corrected chi connectivity index (χ0v) is 11.9. The van der Waals surface area contributed by atoms with Gasteiger partial charge in [-0.2, -0.15) is 0 Å². The highest BCUT2D eigenvalue weighted by molar-refractivity contribution is 6.02. The van der Waals surface area contributed by atoms with Crippen molar-refractivity contribution in [1.82, 2.24) is 0 Å². The molecule has 1 aromatic rings. The molecule has 1 fully saturated rings. The third-order valence-corrected chi connectivity index (χ3v) is 3.90. The number of fused-ring (bicyclic) bond motifs is 1. The van der Waals surface area contributed by atoms with Crippen LogP contribution in [0.25, 0.3) is 0 Å². The van der Waals surface area contributed by atoms with Crippen LogP contribution in [0.2, 0.25) is 0 Å². The number of hydrogen-bond acceptors (Lipinski definition) is 6. The monoisotopic (exact) mass is 304 g/mol. The van der Waals surface area contributed by atoms with E-state index in [1.54, 1.807) is 24.3 Å². The van der Waals surface area contributed by atoms with E-state index in [0.29, 0.717) is 5.56 Å². The Bertz CT molecular complexity index is 660. The van der Waals surface area contributed by atoms with Gasteiger partial charge >= 0.3 is 0 Å². The first kappa shape index (κ1) is 14.6. The van der Waals surface area contributed by atoms with Crippen LogP contribution in [0.3, 0.4) is 0 Å². The van der Waals surface area contributed by atoms with Gasteiger partial charge in [0.25, 0.3) is 0 Å². The summed E-state index contributed by atoms with van der Waals surface area (Å²) < 4.78 is 10.6. The first-order chi connectivity index (χ1) is 10.5. The first-order valence-corrected chi connectivity index (χ1v) is 6.87. The van der Waals surface area contributed by atoms with Crippen LogP contribution in [0.15, 0.2) is 53.2 Å². The Balaban J connectivity index is 2.00. The lowest BCUT2D eigenvalue weighted by molar-refractivity contribution is -0.148. The highest BCUT2D eigenvalue weighted by Crippen LogP contribution is 2.40. The van der Waals surface area contributed by atoms with Crippen LogP contribution in [-0.2, 0) is 14.3 Å². The molecule has 6 heteroatoms. The molecule has 0 amide bonds. The Morgan fingerprint density at radius 1 is 1.23 bits per heavy atom. The van der Waals surface area contributed by atoms with Gasteiger partial charge in [-0.1, -0.05) is 30.3 Å². The van der Waals surface area contributed by atoms with Crippen LogP contribution >= 0.6 is 0 Å². The second kappa shape index (κ2) is 5.47. The average molecular weight is 304 g/mol. The zero-order valence-electron chi connectivity index (χ0n) is 11.9. The molecule has 22 heavy (non-hydrogen) atoms. The van der Waals surface area contributed by atoms with Gasteiger partial charge in [0.05, 0.1) is 18.8 Å². The fourth-order valence-corrected chi connectivity index (χ4v) is 2.84. The minimum Gasteiger partial charge on any atom is -0.508 e. The Hall–Kier alpha value is -2.31. The van der Waals surface area contributed by atoms with Gasteiger partial charge in [0.1, 0.15) is 18.0 Å². The lowest BCUT2D eigenvalue weighted by Gasteiger charge is -2.37. The van der Waals surface area contributed by atoms with Crippen molar-refractivity contribution in [3.63, 3.8) is 0 Å². The van der Waals surface area contributed by atoms with Gasteiger partial charge in [0.2, 0.25) is 0 Å². The number of aliphatic hydroxyl groups is 3. The predicted octanol–water partition coefficient (Wildman–Crippen LogP) is 1.69. The van der Waals surface area contributed by atoms with E-state index in [1.165, 1.54) is 7.11 Å². The third-order valence-electron chi connectivity index (χ3n) is 3.90. The van der Waals surface area contributed by atoms with E-state index < -0.39 is 29.9 Å². The normalized spacial score (nSPS) is 28.6. The van der Waals surface area contributed by atoms with Crippen molar-refractivity contribution >= 4 is 5.78 Å². The summed E-state index contributed by atoms with van der Waals surface area (Å²) in [6.07, 6.45) is -3.08. The Morgan fingerprint density at radius 3 is 2.55 bits per heavy atom. The molecule has 1 aliphatic carbocycles. The van der Waals surface area contributed by atoms with Crippen molar-refractivity contribution in [2.75, 3.05) is 7.11 Å². The summed E-state index contributed by atoms with van der Waals surface area (Å²) in [5, 5.41) is 30.2. The molecule has 3 atom stereocenters. The van der Waals surface area contributed by atoms with Crippen molar-refractivity contribution in [2.45, 2.75) is 24.7 Å². The average Bonchev–Trinajstić information content (AvgIpc) is 2.51. The molecule has 0 bridgehead atoms. The SMILES string of the molecule is COC1=C(O)CC2O[C@@H](c3ccccc3)[C@H](O)C(=O)C2=C1O. The van der Waals surface area contributed by atoms with Gasteiger partial charge in [-0.3, -0.25) is 4.79 Å². The fraction of sp³-hybridized carbons (Fsp3) is 0.312. The van der Waals surface area contributed by atoms with Crippen LogP contribution in [0, 0.1) is 0 Å². The Kier molecular flexibility index (Phi) is 3.64. The first-order valence-electron chi connectivity index (χ1n) is 6.87. The lowest BCUT2D eigenvalue weighted by Crippen LogP contribution is -2.44. The summed E-state index contributed by atoms with van der Waals surface area (Å²) in [5.74, 6) is -1.45. The Morgan fingerprint density at radius 2 is 1.91 bits per heavy atom. The molecule has 3 rings (SSSR count). The second-order valence-electron chi connectivity index (χ2n) is 5.21. The zero-order chi connectivity index (χ0) is 15.9. The molecule has 0 saturated carbocycles. The number of rotatable bonds is 2. The molecule has 116 valence electrons. The third kappa shape index (κ3) is 2.17. The quantitative estimate of drug-likeness (QED) is 0.769. The number of Topliss-reactive ketones (excluding diaryl/α,β-unsaturated/α-hetero) is 1. The molecule has 0 spiro atoms. The van der Waals surface area contributed by atoms with E-state index in [2.05, 4.69) is 0 Å². The van der Waals surface area contributed by atoms with Crippen molar-refractivity contribution in [3.8, 4) is 0 Å². The maximum atomic E-state index is 12.4. The summed E-state index contributed by atoms with van der Waals surface area (Å²) >= 11 is 0. The van der Waals surface area contributed by atoms with Crippen LogP contribution in [0.5, 0.6) is 0 Å². The molecular weight excluding hydrogens is 288 g/mol. The van der Waals surface area contributed by atoms with Crippen LogP contribution in [0.4, 0.5) is 0 Å². The van der Waals surface area contributed by atoms with Gasteiger partial charge in [-0.25, -0.2) is 0 Å². The number of carbonyl (C=O) groups excluding carboxylic acids is 1. The molecule has 2 aliphatic rings. The summed E-state index contributed by atoms with van der Waals surface area (Å²) in [4.78, 5) is 12.4. The molecule has 0 aromatic heterocycles. The second-order valence-corrected chi connectivity index (χ2v) is 5.21. The molecule has 1 aliphatic heterocycles. The summed E-state index contributed by atoms with van der Waals surface area (Å²) in [5.41, 5.74) is 0.595. The van der Waals surface area contributed by atoms with Gasteiger partial charge < -0.3 is 24.8 Å². The number of carbonyl (C=O) groups is 1. The van der Waals surface area contributed by atoms with Crippen LogP contribution in [-0.4, -0.2) is 40.4 Å². The molecule has 0 radical (unpaired) electrons. The molecule has 1 saturated heterocycles. The standard InChI is InChI=1S/C16H16O6/c1-21-16-9(17)7-10-11(13(16)19)12(18)14(20)15(22-10)8-5-3-2-4-6-8/h2-6,10,14-15,17,19-20H,7H2,1H3/t10?,14-,15+/m1/s1. The Labute approximate surface area is 126 Å². The number of methoxy groups -OCH3 is 1. The van der Waals surface area contributed by atoms with Crippen molar-refractivity contribution in [1.29, 1.82) is 0 Å². The fourth-order valence-electron chi connectivity index (χ4n) is 2.84. The highest BCUT2D eigenvalue weighted by Gasteiger charge is 2.46. The number of ketones is 1. The molecule has 1 aromatic carbocycles. The highest BCUT2D eigenvalue weighted by atomic mass is 16.5. The molecule has 1 heterocycles. The van der Waals surface area contributed by atoms with Gasteiger partial charge in [-0.15, -0.1) is 0 Å². The van der Waals surface area contributed by atoms with E-state index in [0.717, 1.165) is 0 Å². The maximum absolute atomic E-state index is 12.4. The lowest BCUT2D eigenvalue weighted by atomic mass is 9.85. The molecule has 3 N–H and O–H groups in total. The largest absolute Gasteiger partial charge is 0.508 e. The minimum atomic E-state index is -1.42. The minimum absolute atomic E-state index is 0.00433. The van der Waals surface area contributed by atoms with E-state index in [9.17, 15) is 20.1 Å². The van der Waals surface area contributed by atoms with Crippen molar-refractivity contribution < 1.29 is 29.6 Å². The van der Waals surface area contributed by atoms with E-state index in [-0.39, 0.29) is 23.5 Å². The summed E-state index contributed by atoms with van der Waals surface area (Å²) in [7, 11) is 1.28. The van der Waals surface area contributed by atoms with Gasteiger partial charge in [0.15, 0.2) is 17.3 Å². The van der Waals surface area contributed by atoms with Gasteiger partial charge in [0, 0.05) is 6.42 Å². The van der Waals surface area contributed by atoms with Gasteiger partial charge in [-0.05, 0) is 5.56 Å². The maximum Gasteiger partial charge on any atom is 0.199 e. The number of aliphatic hydroxyl groups excluding tert-OH is 3.